The van der Waals surface area contributed by atoms with Crippen LogP contribution in [0.5, 0.6) is 0 Å². The van der Waals surface area contributed by atoms with Crippen molar-refractivity contribution in [1.82, 2.24) is 20.1 Å². The number of nitro groups is 2. The number of imidazole rings is 1. The van der Waals surface area contributed by atoms with Gasteiger partial charge in [0, 0.05) is 19.6 Å². The lowest BCUT2D eigenvalue weighted by Gasteiger charge is -2.20. The molecule has 0 spiro atoms. The highest BCUT2D eigenvalue weighted by atomic mass is 36.0. The first-order valence-corrected chi connectivity index (χ1v) is 28.2. The molecule has 0 unspecified atom stereocenters. The molecule has 34 heteroatoms. The maximum Gasteiger partial charge on any atom is 0.433 e. The van der Waals surface area contributed by atoms with Gasteiger partial charge >= 0.3 is 24.7 Å². The summed E-state index contributed by atoms with van der Waals surface area (Å²) in [5.74, 6) is -0.895. The van der Waals surface area contributed by atoms with Gasteiger partial charge < -0.3 is 25.4 Å². The van der Waals surface area contributed by atoms with Gasteiger partial charge in [-0.1, -0.05) is 59.6 Å². The van der Waals surface area contributed by atoms with Crippen molar-refractivity contribution >= 4 is 101 Å². The third-order valence-electron chi connectivity index (χ3n) is 6.95. The van der Waals surface area contributed by atoms with Gasteiger partial charge in [-0.25, -0.2) is 15.2 Å². The topological polar surface area (TPSA) is 372 Å². The van der Waals surface area contributed by atoms with Gasteiger partial charge in [0.1, 0.15) is 35.8 Å². The number of nitrogens with two attached hydrogens (primary N) is 1. The number of nitrogens with one attached hydrogen (secondary N) is 3. The molecule has 0 aliphatic heterocycles. The smallest absolute Gasteiger partial charge is 0.403 e. The summed E-state index contributed by atoms with van der Waals surface area (Å²) in [6.07, 6.45) is 1.22. The molecule has 2 heterocycles. The molecule has 5 aromatic rings. The largest absolute Gasteiger partial charge is 0.433 e. The molecule has 3 aromatic carbocycles. The number of aliphatic hydroxyl groups is 1. The summed E-state index contributed by atoms with van der Waals surface area (Å²) in [5.41, 5.74) is 5.46. The van der Waals surface area contributed by atoms with Crippen LogP contribution in [-0.4, -0.2) is 89.6 Å². The Kier molecular flexibility index (Phi) is 27.2. The second kappa shape index (κ2) is 29.9. The van der Waals surface area contributed by atoms with Crippen LogP contribution in [0.15, 0.2) is 128 Å². The van der Waals surface area contributed by atoms with Crippen LogP contribution >= 0.6 is 59.0 Å². The Labute approximate surface area is 404 Å². The zero-order chi connectivity index (χ0) is 49.4. The minimum atomic E-state index is -4.06. The van der Waals surface area contributed by atoms with E-state index in [1.807, 2.05) is 0 Å². The highest BCUT2D eigenvalue weighted by Gasteiger charge is 2.25. The van der Waals surface area contributed by atoms with Gasteiger partial charge in [-0.15, -0.1) is 12.4 Å². The van der Waals surface area contributed by atoms with Crippen LogP contribution < -0.4 is 15.9 Å². The number of rotatable bonds is 22. The second-order valence-corrected chi connectivity index (χ2v) is 25.2. The van der Waals surface area contributed by atoms with Crippen LogP contribution in [0, 0.1) is 20.2 Å². The summed E-state index contributed by atoms with van der Waals surface area (Å²) in [7, 11) is -15.7. The highest BCUT2D eigenvalue weighted by molar-refractivity contribution is 8.24. The molecular formula is C33H41Cl4N7O18P2S3. The fraction of sp³-hybridized carbons (Fsp3) is 0.242. The number of nitrogens with zero attached hydrogens (tertiary/aromatic N) is 3. The lowest BCUT2D eigenvalue weighted by Crippen LogP contribution is -2.30. The van der Waals surface area contributed by atoms with Gasteiger partial charge in [0.05, 0.1) is 40.6 Å². The lowest BCUT2D eigenvalue weighted by atomic mass is 10.4. The van der Waals surface area contributed by atoms with Crippen LogP contribution in [0.1, 0.15) is 11.5 Å². The number of halogens is 4. The molecule has 0 aliphatic rings. The molecule has 0 radical (unpaired) electrons. The van der Waals surface area contributed by atoms with E-state index in [0.717, 1.165) is 6.07 Å². The Bertz CT molecular complexity index is 2620. The third kappa shape index (κ3) is 24.8. The van der Waals surface area contributed by atoms with E-state index in [2.05, 4.69) is 58.0 Å². The number of hydrogen-bond acceptors (Lipinski definition) is 20. The molecule has 25 nitrogen and oxygen atoms in total. The predicted octanol–water partition coefficient (Wildman–Crippen LogP) is 6.20. The van der Waals surface area contributed by atoms with Crippen molar-refractivity contribution in [2.24, 2.45) is 5.73 Å². The van der Waals surface area contributed by atoms with Crippen LogP contribution in [0.2, 0.25) is 0 Å². The quantitative estimate of drug-likeness (QED) is 0.0169. The molecular weight excluding hydrogens is 1080 g/mol. The van der Waals surface area contributed by atoms with Crippen molar-refractivity contribution in [2.75, 3.05) is 39.5 Å². The molecule has 0 bridgehead atoms. The standard InChI is InChI=1S/C21H24N3O11PS2.C8H11NO3S.C4H5N3O3.Cl3OP.ClH/c25-24(26)21-12-11-18(35-21)17-32-36(27,22-13-15-33-37(28,29)19-7-3-1-4-8-19)23-14-16-34-38(30,31)20-9-5-2-6-10-20;9-6-7-12-13(10,11)8-4-2-1-3-5-8;8-2-3-1-5-4(6-3)7(9)10;1-5(2,3)4;/h1-12H,13-17H2,(H2,22,23,27);1-5H,6-7,9H2;1,8H,2H2,(H,5,6);;1H. The van der Waals surface area contributed by atoms with Gasteiger partial charge in [0.25, 0.3) is 30.4 Å². The fourth-order valence-electron chi connectivity index (χ4n) is 4.18. The van der Waals surface area contributed by atoms with Gasteiger partial charge in [-0.05, 0) is 81.1 Å². The first kappa shape index (κ1) is 61.1. The van der Waals surface area contributed by atoms with Crippen LogP contribution in [0.3, 0.4) is 0 Å². The summed E-state index contributed by atoms with van der Waals surface area (Å²) in [4.78, 5) is 25.1. The van der Waals surface area contributed by atoms with Crippen molar-refractivity contribution in [1.29, 1.82) is 0 Å². The Hall–Kier alpha value is -3.90. The van der Waals surface area contributed by atoms with Crippen LogP contribution in [0.4, 0.5) is 11.8 Å². The van der Waals surface area contributed by atoms with E-state index in [1.54, 1.807) is 30.3 Å². The Balaban J connectivity index is 0.000000623. The first-order valence-electron chi connectivity index (χ1n) is 17.9. The van der Waals surface area contributed by atoms with Gasteiger partial charge in [-0.2, -0.15) is 25.3 Å². The van der Waals surface area contributed by atoms with Gasteiger partial charge in [-0.3, -0.25) is 36.3 Å². The normalized spacial score (nSPS) is 11.6. The monoisotopic (exact) mass is 1120 g/mol. The van der Waals surface area contributed by atoms with Crippen molar-refractivity contribution in [3.8, 4) is 0 Å². The molecule has 0 atom stereocenters. The highest BCUT2D eigenvalue weighted by Crippen LogP contribution is 2.61. The average Bonchev–Trinajstić information content (AvgIpc) is 3.98. The number of aromatic nitrogens is 2. The van der Waals surface area contributed by atoms with Crippen LogP contribution in [-0.2, 0) is 69.8 Å². The van der Waals surface area contributed by atoms with E-state index in [4.69, 9.17) is 28.1 Å². The van der Waals surface area contributed by atoms with E-state index in [1.165, 1.54) is 72.9 Å². The summed E-state index contributed by atoms with van der Waals surface area (Å²) in [6, 6.07) is 25.1. The zero-order valence-electron chi connectivity index (χ0n) is 34.0. The first-order chi connectivity index (χ1) is 30.9. The Morgan fingerprint density at radius 1 is 0.701 bits per heavy atom. The molecule has 0 saturated heterocycles. The van der Waals surface area contributed by atoms with Crippen molar-refractivity contribution < 1.29 is 70.8 Å². The van der Waals surface area contributed by atoms with Crippen molar-refractivity contribution in [3.63, 3.8) is 0 Å². The number of aromatic amines is 1. The molecule has 6 N–H and O–H groups in total. The number of H-pyrrole nitrogens is 1. The average molecular weight is 1120 g/mol. The molecule has 0 aliphatic carbocycles. The van der Waals surface area contributed by atoms with Crippen molar-refractivity contribution in [2.45, 2.75) is 27.9 Å². The number of aliphatic hydroxyl groups excluding tert-OH is 1. The summed E-state index contributed by atoms with van der Waals surface area (Å²) >= 11 is 13.8. The predicted molar refractivity (Wildman–Crippen MR) is 245 cm³/mol. The molecule has 372 valence electrons. The van der Waals surface area contributed by atoms with Crippen LogP contribution in [0.25, 0.3) is 0 Å². The number of furan rings is 1. The van der Waals surface area contributed by atoms with E-state index in [9.17, 15) is 54.6 Å². The van der Waals surface area contributed by atoms with Gasteiger partial charge in [0.2, 0.25) is 0 Å². The fourth-order valence-corrected chi connectivity index (χ4v) is 8.35. The lowest BCUT2D eigenvalue weighted by molar-refractivity contribution is -0.402. The summed E-state index contributed by atoms with van der Waals surface area (Å²) in [6.45, 7) is -1.90. The SMILES string of the molecule is Cl.NCCOS(=O)(=O)c1ccccc1.O=P(Cl)(Cl)Cl.O=[N+]([O-])c1ccc(COP(=O)(NCCOS(=O)(=O)c2ccccc2)NCCOS(=O)(=O)c2ccccc2)o1.O=[N+]([O-])c1ncc(CO)[nH]1. The maximum absolute atomic E-state index is 13.3. The minimum absolute atomic E-state index is 0. The van der Waals surface area contributed by atoms with Crippen molar-refractivity contribution in [3.05, 3.63) is 141 Å². The molecule has 5 rings (SSSR count). The summed E-state index contributed by atoms with van der Waals surface area (Å²) < 4.78 is 119. The van der Waals surface area contributed by atoms with Gasteiger partial charge in [0.15, 0.2) is 0 Å². The molecule has 0 amide bonds. The van der Waals surface area contributed by atoms with E-state index in [0.29, 0.717) is 5.69 Å². The Morgan fingerprint density at radius 2 is 1.10 bits per heavy atom. The molecule has 2 aromatic heterocycles. The number of hydrogen-bond donors (Lipinski definition) is 5. The summed E-state index contributed by atoms with van der Waals surface area (Å²) in [5, 5.41) is 31.0. The molecule has 67 heavy (non-hydrogen) atoms. The maximum atomic E-state index is 13.3. The number of benzene rings is 3. The molecule has 0 fully saturated rings. The zero-order valence-corrected chi connectivity index (χ0v) is 41.3. The third-order valence-corrected chi connectivity index (χ3v) is 12.7. The minimum Gasteiger partial charge on any atom is -0.403 e. The van der Waals surface area contributed by atoms with E-state index >= 15 is 0 Å². The molecule has 0 saturated carbocycles. The second-order valence-electron chi connectivity index (χ2n) is 11.7. The van der Waals surface area contributed by atoms with E-state index < -0.39 is 78.8 Å². The Morgan fingerprint density at radius 3 is 1.42 bits per heavy atom. The van der Waals surface area contributed by atoms with E-state index in [-0.39, 0.29) is 71.7 Å².